The Morgan fingerprint density at radius 3 is 2.65 bits per heavy atom. The van der Waals surface area contributed by atoms with Gasteiger partial charge >= 0.3 is 5.97 Å². The summed E-state index contributed by atoms with van der Waals surface area (Å²) in [6.07, 6.45) is 1.75. The van der Waals surface area contributed by atoms with Crippen LogP contribution in [-0.2, 0) is 34.3 Å². The van der Waals surface area contributed by atoms with Crippen molar-refractivity contribution in [2.75, 3.05) is 32.5 Å². The number of benzene rings is 1. The maximum atomic E-state index is 13.0. The van der Waals surface area contributed by atoms with Gasteiger partial charge in [-0.3, -0.25) is 4.79 Å². The molecular weight excluding hydrogens is 444 g/mol. The van der Waals surface area contributed by atoms with Crippen LogP contribution < -0.4 is 0 Å². The standard InChI is InChI=1S/C20H30N2O7S2/c1-6-27-19(23)14-21(5)31(25,26)16-9-10-18-17(13-16)20(3,4)15(2)22(18)11-7-8-12-30-29-28-24/h9-10,13H,6-8,11-12,14H2,1-5H3/p+1. The fourth-order valence-electron chi connectivity index (χ4n) is 3.55. The van der Waals surface area contributed by atoms with E-state index in [0.29, 0.717) is 5.75 Å². The monoisotopic (exact) mass is 475 g/mol. The Bertz CT molecular complexity index is 929. The van der Waals surface area contributed by atoms with Gasteiger partial charge in [0.25, 0.3) is 0 Å². The van der Waals surface area contributed by atoms with Crippen molar-refractivity contribution < 1.29 is 37.2 Å². The van der Waals surface area contributed by atoms with E-state index in [1.807, 2.05) is 6.07 Å². The van der Waals surface area contributed by atoms with Crippen molar-refractivity contribution in [1.82, 2.24) is 4.31 Å². The third-order valence-electron chi connectivity index (χ3n) is 5.54. The van der Waals surface area contributed by atoms with Crippen LogP contribution in [0.3, 0.4) is 0 Å². The normalized spacial score (nSPS) is 15.5. The van der Waals surface area contributed by atoms with Crippen LogP contribution in [0.25, 0.3) is 0 Å². The molecule has 0 fully saturated rings. The van der Waals surface area contributed by atoms with Gasteiger partial charge in [-0.15, -0.1) is 4.33 Å². The van der Waals surface area contributed by atoms with Crippen molar-refractivity contribution in [3.8, 4) is 0 Å². The van der Waals surface area contributed by atoms with Gasteiger partial charge in [0.1, 0.15) is 13.1 Å². The summed E-state index contributed by atoms with van der Waals surface area (Å²) in [7, 11) is -2.46. The molecule has 174 valence electrons. The predicted molar refractivity (Wildman–Crippen MR) is 118 cm³/mol. The molecule has 0 saturated carbocycles. The van der Waals surface area contributed by atoms with E-state index < -0.39 is 16.0 Å². The molecule has 0 aliphatic carbocycles. The van der Waals surface area contributed by atoms with E-state index in [1.54, 1.807) is 19.1 Å². The lowest BCUT2D eigenvalue weighted by molar-refractivity contribution is -0.439. The SMILES string of the molecule is CCOC(=O)CN(C)S(=O)(=O)c1ccc2c(c1)C(C)(C)C(C)=[N+]2CCCCSOOO. The fourth-order valence-corrected chi connectivity index (χ4v) is 5.13. The van der Waals surface area contributed by atoms with Gasteiger partial charge < -0.3 is 4.74 Å². The molecule has 1 aromatic rings. The molecule has 1 aliphatic heterocycles. The molecule has 0 unspecified atom stereocenters. The number of rotatable bonds is 12. The van der Waals surface area contributed by atoms with Gasteiger partial charge in [-0.05, 0) is 39.3 Å². The van der Waals surface area contributed by atoms with Gasteiger partial charge in [-0.1, -0.05) is 5.04 Å². The summed E-state index contributed by atoms with van der Waals surface area (Å²) in [4.78, 5) is 11.9. The zero-order chi connectivity index (χ0) is 23.2. The van der Waals surface area contributed by atoms with E-state index in [2.05, 4.69) is 34.7 Å². The lowest BCUT2D eigenvalue weighted by Gasteiger charge is -2.19. The molecule has 1 aliphatic rings. The maximum Gasteiger partial charge on any atom is 0.321 e. The van der Waals surface area contributed by atoms with Gasteiger partial charge in [-0.2, -0.15) is 8.88 Å². The highest BCUT2D eigenvalue weighted by Crippen LogP contribution is 2.41. The molecule has 2 rings (SSSR count). The number of likely N-dealkylation sites (N-methyl/N-ethyl adjacent to an activating group) is 1. The van der Waals surface area contributed by atoms with Crippen molar-refractivity contribution in [2.24, 2.45) is 0 Å². The Balaban J connectivity index is 2.21. The molecule has 0 spiro atoms. The number of hydrogen-bond acceptors (Lipinski definition) is 8. The van der Waals surface area contributed by atoms with Gasteiger partial charge in [0, 0.05) is 49.8 Å². The Labute approximate surface area is 188 Å². The number of fused-ring (bicyclic) bond motifs is 1. The lowest BCUT2D eigenvalue weighted by atomic mass is 9.82. The first kappa shape index (κ1) is 25.8. The predicted octanol–water partition coefficient (Wildman–Crippen LogP) is 3.12. The zero-order valence-electron chi connectivity index (χ0n) is 18.6. The van der Waals surface area contributed by atoms with E-state index in [1.165, 1.54) is 7.05 Å². The molecule has 1 N–H and O–H groups in total. The van der Waals surface area contributed by atoms with Crippen LogP contribution in [-0.4, -0.2) is 66.7 Å². The second-order valence-electron chi connectivity index (χ2n) is 7.78. The van der Waals surface area contributed by atoms with Crippen LogP contribution in [0.5, 0.6) is 0 Å². The Morgan fingerprint density at radius 1 is 1.29 bits per heavy atom. The molecule has 31 heavy (non-hydrogen) atoms. The number of ether oxygens (including phenoxy) is 1. The van der Waals surface area contributed by atoms with Gasteiger partial charge in [0.15, 0.2) is 5.71 Å². The Kier molecular flexibility index (Phi) is 9.04. The number of unbranched alkanes of at least 4 members (excludes halogenated alkanes) is 1. The maximum absolute atomic E-state index is 13.0. The molecule has 0 amide bonds. The molecule has 0 saturated heterocycles. The van der Waals surface area contributed by atoms with Crippen molar-refractivity contribution in [1.29, 1.82) is 0 Å². The second-order valence-corrected chi connectivity index (χ2v) is 10.6. The van der Waals surface area contributed by atoms with Crippen molar-refractivity contribution >= 4 is 39.4 Å². The quantitative estimate of drug-likeness (QED) is 0.123. The van der Waals surface area contributed by atoms with Crippen LogP contribution in [0, 0.1) is 0 Å². The van der Waals surface area contributed by atoms with Crippen molar-refractivity contribution in [2.45, 2.75) is 50.8 Å². The smallest absolute Gasteiger partial charge is 0.321 e. The molecule has 0 aromatic heterocycles. The number of carbonyl (C=O) groups excluding carboxylic acids is 1. The van der Waals surface area contributed by atoms with Crippen LogP contribution in [0.4, 0.5) is 5.69 Å². The largest absolute Gasteiger partial charge is 0.465 e. The average molecular weight is 476 g/mol. The molecule has 11 heteroatoms. The van der Waals surface area contributed by atoms with Crippen LogP contribution in [0.2, 0.25) is 0 Å². The van der Waals surface area contributed by atoms with E-state index in [-0.39, 0.29) is 23.5 Å². The van der Waals surface area contributed by atoms with E-state index >= 15 is 0 Å². The van der Waals surface area contributed by atoms with Crippen molar-refractivity contribution in [3.63, 3.8) is 0 Å². The molecule has 0 bridgehead atoms. The first-order valence-corrected chi connectivity index (χ1v) is 12.4. The number of carbonyl (C=O) groups is 1. The third kappa shape index (κ3) is 5.85. The first-order valence-electron chi connectivity index (χ1n) is 10.0. The van der Waals surface area contributed by atoms with E-state index in [4.69, 9.17) is 9.99 Å². The molecule has 1 heterocycles. The lowest BCUT2D eigenvalue weighted by Crippen LogP contribution is -2.33. The summed E-state index contributed by atoms with van der Waals surface area (Å²) in [6.45, 7) is 8.51. The highest BCUT2D eigenvalue weighted by atomic mass is 32.2. The number of hydrogen-bond donors (Lipinski definition) is 1. The molecule has 0 atom stereocenters. The summed E-state index contributed by atoms with van der Waals surface area (Å²) < 4.78 is 38.5. The molecule has 1 aromatic carbocycles. The highest BCUT2D eigenvalue weighted by Gasteiger charge is 2.43. The number of esters is 1. The van der Waals surface area contributed by atoms with Gasteiger partial charge in [0.2, 0.25) is 15.7 Å². The summed E-state index contributed by atoms with van der Waals surface area (Å²) in [5.74, 6) is 0.0905. The van der Waals surface area contributed by atoms with Crippen molar-refractivity contribution in [3.05, 3.63) is 23.8 Å². The zero-order valence-corrected chi connectivity index (χ0v) is 20.2. The second kappa shape index (κ2) is 10.9. The minimum Gasteiger partial charge on any atom is -0.465 e. The highest BCUT2D eigenvalue weighted by molar-refractivity contribution is 7.94. The fraction of sp³-hybridized carbons (Fsp3) is 0.600. The third-order valence-corrected chi connectivity index (χ3v) is 7.96. The van der Waals surface area contributed by atoms with Gasteiger partial charge in [0.05, 0.1) is 16.9 Å². The number of sulfonamides is 1. The van der Waals surface area contributed by atoms with Crippen LogP contribution >= 0.6 is 12.0 Å². The Hall–Kier alpha value is -1.50. The topological polar surface area (TPSA) is 105 Å². The molecular formula is C20H31N2O7S2+. The first-order chi connectivity index (χ1) is 14.6. The number of nitrogens with zero attached hydrogens (tertiary/aromatic N) is 2. The summed E-state index contributed by atoms with van der Waals surface area (Å²) in [5.41, 5.74) is 2.72. The molecule has 9 nitrogen and oxygen atoms in total. The average Bonchev–Trinajstić information content (AvgIpc) is 2.90. The summed E-state index contributed by atoms with van der Waals surface area (Å²) in [6, 6.07) is 5.12. The molecule has 0 radical (unpaired) electrons. The van der Waals surface area contributed by atoms with Gasteiger partial charge in [-0.25, -0.2) is 13.7 Å². The Morgan fingerprint density at radius 2 is 2.00 bits per heavy atom. The van der Waals surface area contributed by atoms with E-state index in [9.17, 15) is 13.2 Å². The minimum absolute atomic E-state index is 0.151. The van der Waals surface area contributed by atoms with Crippen LogP contribution in [0.15, 0.2) is 23.1 Å². The summed E-state index contributed by atoms with van der Waals surface area (Å²) >= 11 is 1.03. The van der Waals surface area contributed by atoms with E-state index in [0.717, 1.165) is 52.7 Å². The summed E-state index contributed by atoms with van der Waals surface area (Å²) in [5, 5.41) is 11.7. The van der Waals surface area contributed by atoms with Crippen LogP contribution in [0.1, 0.15) is 46.1 Å². The minimum atomic E-state index is -3.83.